The third-order valence-electron chi connectivity index (χ3n) is 3.63. The van der Waals surface area contributed by atoms with Gasteiger partial charge in [-0.2, -0.15) is 5.10 Å². The summed E-state index contributed by atoms with van der Waals surface area (Å²) < 4.78 is 30.2. The van der Waals surface area contributed by atoms with Crippen molar-refractivity contribution in [3.05, 3.63) is 39.0 Å². The second-order valence-electron chi connectivity index (χ2n) is 5.17. The highest BCUT2D eigenvalue weighted by molar-refractivity contribution is 9.10. The molecule has 0 amide bonds. The number of sulfonamides is 1. The molecule has 7 heteroatoms. The summed E-state index contributed by atoms with van der Waals surface area (Å²) in [5.41, 5.74) is 3.45. The normalized spacial score (nSPS) is 11.7. The van der Waals surface area contributed by atoms with Crippen LogP contribution in [0.15, 0.2) is 21.6 Å². The average Bonchev–Trinajstić information content (AvgIpc) is 2.64. The van der Waals surface area contributed by atoms with E-state index in [-0.39, 0.29) is 0 Å². The molecule has 0 aliphatic rings. The third-order valence-corrected chi connectivity index (χ3v) is 6.00. The van der Waals surface area contributed by atoms with Crippen molar-refractivity contribution in [2.45, 2.75) is 32.6 Å². The Morgan fingerprint density at radius 3 is 2.05 bits per heavy atom. The van der Waals surface area contributed by atoms with E-state index in [0.29, 0.717) is 15.3 Å². The van der Waals surface area contributed by atoms with Crippen LogP contribution in [0.3, 0.4) is 0 Å². The number of nitrogens with one attached hydrogen (secondary N) is 1. The van der Waals surface area contributed by atoms with Gasteiger partial charge >= 0.3 is 0 Å². The van der Waals surface area contributed by atoms with Gasteiger partial charge in [-0.15, -0.1) is 0 Å². The molecule has 0 bridgehead atoms. The minimum atomic E-state index is -3.67. The van der Waals surface area contributed by atoms with Crippen molar-refractivity contribution in [3.8, 4) is 0 Å². The van der Waals surface area contributed by atoms with Gasteiger partial charge in [-0.05, 0) is 65.9 Å². The average molecular weight is 372 g/mol. The first-order valence-corrected chi connectivity index (χ1v) is 8.71. The maximum atomic E-state index is 12.7. The summed E-state index contributed by atoms with van der Waals surface area (Å²) in [7, 11) is -1.94. The first kappa shape index (κ1) is 16.0. The van der Waals surface area contributed by atoms with Crippen molar-refractivity contribution < 1.29 is 8.42 Å². The van der Waals surface area contributed by atoms with E-state index < -0.39 is 10.0 Å². The van der Waals surface area contributed by atoms with Crippen LogP contribution >= 0.6 is 15.9 Å². The highest BCUT2D eigenvalue weighted by Crippen LogP contribution is 2.28. The number of anilines is 1. The van der Waals surface area contributed by atoms with Crippen LogP contribution in [0.25, 0.3) is 0 Å². The minimum Gasteiger partial charge on any atom is -0.262 e. The van der Waals surface area contributed by atoms with Crippen molar-refractivity contribution in [1.29, 1.82) is 0 Å². The van der Waals surface area contributed by atoms with Gasteiger partial charge in [0.15, 0.2) is 5.82 Å². The second-order valence-corrected chi connectivity index (χ2v) is 7.60. The largest absolute Gasteiger partial charge is 0.263 e. The topological polar surface area (TPSA) is 64.0 Å². The molecule has 1 N–H and O–H groups in total. The first-order chi connectivity index (χ1) is 9.63. The predicted octanol–water partition coefficient (Wildman–Crippen LogP) is 3.22. The summed E-state index contributed by atoms with van der Waals surface area (Å²) >= 11 is 3.30. The van der Waals surface area contributed by atoms with E-state index in [1.165, 1.54) is 0 Å². The fraction of sp³-hybridized carbons (Fsp3) is 0.357. The third kappa shape index (κ3) is 2.98. The number of nitrogens with zero attached hydrogens (tertiary/aromatic N) is 2. The molecule has 0 spiro atoms. The van der Waals surface area contributed by atoms with Crippen molar-refractivity contribution in [1.82, 2.24) is 9.78 Å². The molecule has 0 aliphatic heterocycles. The van der Waals surface area contributed by atoms with Gasteiger partial charge in [-0.3, -0.25) is 9.40 Å². The monoisotopic (exact) mass is 371 g/mol. The smallest absolute Gasteiger partial charge is 0.262 e. The molecule has 2 aromatic rings. The summed E-state index contributed by atoms with van der Waals surface area (Å²) in [6, 6.07) is 3.63. The molecular formula is C14H18BrN3O2S. The number of hydrogen-bond donors (Lipinski definition) is 1. The van der Waals surface area contributed by atoms with Crippen LogP contribution in [0, 0.1) is 27.7 Å². The summed E-state index contributed by atoms with van der Waals surface area (Å²) in [5.74, 6) is 0.294. The van der Waals surface area contributed by atoms with Crippen LogP contribution in [-0.2, 0) is 17.1 Å². The zero-order valence-corrected chi connectivity index (χ0v) is 15.1. The van der Waals surface area contributed by atoms with E-state index in [1.54, 1.807) is 17.8 Å². The lowest BCUT2D eigenvalue weighted by Gasteiger charge is -2.15. The maximum absolute atomic E-state index is 12.7. The number of halogens is 1. The Hall–Kier alpha value is -1.34. The maximum Gasteiger partial charge on any atom is 0.263 e. The number of benzene rings is 1. The Morgan fingerprint density at radius 1 is 1.10 bits per heavy atom. The molecule has 0 fully saturated rings. The summed E-state index contributed by atoms with van der Waals surface area (Å²) in [4.78, 5) is 0.335. The van der Waals surface area contributed by atoms with Gasteiger partial charge in [0, 0.05) is 13.1 Å². The standard InChI is InChI=1S/C14H18BrN3O2S/c1-8-6-9(2)11(4)14(10(8)3)21(19,20)17-13-7-12(15)18(5)16-13/h6-7H,1-5H3,(H,16,17). The number of hydrogen-bond acceptors (Lipinski definition) is 3. The fourth-order valence-electron chi connectivity index (χ4n) is 2.27. The van der Waals surface area contributed by atoms with E-state index in [1.807, 2.05) is 33.8 Å². The van der Waals surface area contributed by atoms with Crippen molar-refractivity contribution >= 4 is 31.8 Å². The van der Waals surface area contributed by atoms with Crippen molar-refractivity contribution in [3.63, 3.8) is 0 Å². The van der Waals surface area contributed by atoms with Crippen molar-refractivity contribution in [2.75, 3.05) is 4.72 Å². The lowest BCUT2D eigenvalue weighted by molar-refractivity contribution is 0.599. The lowest BCUT2D eigenvalue weighted by atomic mass is 10.0. The summed E-state index contributed by atoms with van der Waals surface area (Å²) in [6.07, 6.45) is 0. The van der Waals surface area contributed by atoms with Gasteiger partial charge in [0.1, 0.15) is 4.60 Å². The molecule has 2 rings (SSSR count). The van der Waals surface area contributed by atoms with Gasteiger partial charge in [-0.1, -0.05) is 6.07 Å². The first-order valence-electron chi connectivity index (χ1n) is 6.43. The van der Waals surface area contributed by atoms with Gasteiger partial charge in [-0.25, -0.2) is 8.42 Å². The zero-order chi connectivity index (χ0) is 15.9. The van der Waals surface area contributed by atoms with E-state index in [9.17, 15) is 8.42 Å². The van der Waals surface area contributed by atoms with E-state index in [0.717, 1.165) is 22.3 Å². The quantitative estimate of drug-likeness (QED) is 0.900. The predicted molar refractivity (Wildman–Crippen MR) is 87.1 cm³/mol. The number of aromatic nitrogens is 2. The highest BCUT2D eigenvalue weighted by Gasteiger charge is 2.23. The van der Waals surface area contributed by atoms with Crippen molar-refractivity contribution in [2.24, 2.45) is 7.05 Å². The lowest BCUT2D eigenvalue weighted by Crippen LogP contribution is -2.17. The van der Waals surface area contributed by atoms with E-state index in [4.69, 9.17) is 0 Å². The molecule has 0 saturated carbocycles. The minimum absolute atomic E-state index is 0.294. The van der Waals surface area contributed by atoms with Crippen LogP contribution in [0.1, 0.15) is 22.3 Å². The molecule has 0 atom stereocenters. The van der Waals surface area contributed by atoms with E-state index in [2.05, 4.69) is 25.8 Å². The van der Waals surface area contributed by atoms with Crippen LogP contribution < -0.4 is 4.72 Å². The molecule has 1 heterocycles. The molecule has 0 radical (unpaired) electrons. The molecule has 0 unspecified atom stereocenters. The molecule has 0 aliphatic carbocycles. The van der Waals surface area contributed by atoms with Crippen LogP contribution in [-0.4, -0.2) is 18.2 Å². The SMILES string of the molecule is Cc1cc(C)c(C)c(S(=O)(=O)Nc2cc(Br)n(C)n2)c1C. The molecule has 1 aromatic heterocycles. The van der Waals surface area contributed by atoms with Crippen LogP contribution in [0.4, 0.5) is 5.82 Å². The summed E-state index contributed by atoms with van der Waals surface area (Å²) in [6.45, 7) is 7.48. The molecule has 114 valence electrons. The second kappa shape index (κ2) is 5.46. The Labute approximate surface area is 133 Å². The van der Waals surface area contributed by atoms with E-state index >= 15 is 0 Å². The molecule has 21 heavy (non-hydrogen) atoms. The Kier molecular flexibility index (Phi) is 4.17. The van der Waals surface area contributed by atoms with Gasteiger partial charge < -0.3 is 0 Å². The molecular weight excluding hydrogens is 354 g/mol. The molecule has 5 nitrogen and oxygen atoms in total. The fourth-order valence-corrected chi connectivity index (χ4v) is 4.17. The van der Waals surface area contributed by atoms with Crippen LogP contribution in [0.5, 0.6) is 0 Å². The Morgan fingerprint density at radius 2 is 1.62 bits per heavy atom. The van der Waals surface area contributed by atoms with Gasteiger partial charge in [0.25, 0.3) is 10.0 Å². The number of rotatable bonds is 3. The summed E-state index contributed by atoms with van der Waals surface area (Å²) in [5, 5.41) is 4.10. The zero-order valence-electron chi connectivity index (χ0n) is 12.7. The number of aryl methyl sites for hydroxylation is 3. The molecule has 0 saturated heterocycles. The Balaban J connectivity index is 2.55. The van der Waals surface area contributed by atoms with Crippen LogP contribution in [0.2, 0.25) is 0 Å². The van der Waals surface area contributed by atoms with Gasteiger partial charge in [0.05, 0.1) is 4.90 Å². The molecule has 1 aromatic carbocycles. The highest BCUT2D eigenvalue weighted by atomic mass is 79.9. The van der Waals surface area contributed by atoms with Gasteiger partial charge in [0.2, 0.25) is 0 Å². The Bertz CT molecular complexity index is 764.